The van der Waals surface area contributed by atoms with Gasteiger partial charge in [-0.2, -0.15) is 0 Å². The van der Waals surface area contributed by atoms with E-state index in [1.165, 1.54) is 46.4 Å². The molecule has 1 aromatic rings. The van der Waals surface area contributed by atoms with Gasteiger partial charge in [-0.05, 0) is 97.6 Å². The predicted molar refractivity (Wildman–Crippen MR) is 143 cm³/mol. The molecule has 0 bridgehead atoms. The predicted octanol–water partition coefficient (Wildman–Crippen LogP) is 7.76. The SMILES string of the molecule is C=C1CC2(CCN(C(=C)c3ccc(CC(C)C)c(CC)c3)CC2)CC(OCC)/C1=C/C=C\C. The van der Waals surface area contributed by atoms with Crippen LogP contribution in [0.4, 0.5) is 0 Å². The lowest BCUT2D eigenvalue weighted by Crippen LogP contribution is -2.44. The average molecular weight is 448 g/mol. The number of likely N-dealkylation sites (tertiary alicyclic amines) is 1. The van der Waals surface area contributed by atoms with Crippen LogP contribution in [0.25, 0.3) is 5.70 Å². The molecule has 1 unspecified atom stereocenters. The summed E-state index contributed by atoms with van der Waals surface area (Å²) in [4.78, 5) is 2.51. The highest BCUT2D eigenvalue weighted by Crippen LogP contribution is 2.49. The van der Waals surface area contributed by atoms with Crippen LogP contribution in [0.15, 0.2) is 60.7 Å². The molecule has 1 atom stereocenters. The second-order valence-electron chi connectivity index (χ2n) is 10.4. The van der Waals surface area contributed by atoms with Gasteiger partial charge in [-0.15, -0.1) is 0 Å². The third kappa shape index (κ3) is 6.09. The lowest BCUT2D eigenvalue weighted by Gasteiger charge is -2.48. The summed E-state index contributed by atoms with van der Waals surface area (Å²) in [6.45, 7) is 22.9. The molecule has 0 aromatic heterocycles. The van der Waals surface area contributed by atoms with Gasteiger partial charge in [0.2, 0.25) is 0 Å². The minimum Gasteiger partial charge on any atom is -0.374 e. The molecule has 1 spiro atoms. The summed E-state index contributed by atoms with van der Waals surface area (Å²) < 4.78 is 6.20. The van der Waals surface area contributed by atoms with Gasteiger partial charge in [0, 0.05) is 25.4 Å². The Kier molecular flexibility index (Phi) is 8.82. The number of allylic oxidation sites excluding steroid dienone is 3. The third-order valence-corrected chi connectivity index (χ3v) is 7.55. The molecule has 1 heterocycles. The molecule has 0 radical (unpaired) electrons. The summed E-state index contributed by atoms with van der Waals surface area (Å²) >= 11 is 0. The Balaban J connectivity index is 1.70. The van der Waals surface area contributed by atoms with Gasteiger partial charge in [0.25, 0.3) is 0 Å². The van der Waals surface area contributed by atoms with Gasteiger partial charge in [-0.3, -0.25) is 0 Å². The van der Waals surface area contributed by atoms with Crippen molar-refractivity contribution < 1.29 is 4.74 Å². The summed E-state index contributed by atoms with van der Waals surface area (Å²) in [5.41, 5.74) is 8.29. The first-order chi connectivity index (χ1) is 15.8. The largest absolute Gasteiger partial charge is 0.374 e. The molecule has 1 aliphatic carbocycles. The van der Waals surface area contributed by atoms with E-state index in [0.29, 0.717) is 11.3 Å². The van der Waals surface area contributed by atoms with Crippen molar-refractivity contribution in [3.05, 3.63) is 77.4 Å². The molecule has 2 fully saturated rings. The highest BCUT2D eigenvalue weighted by atomic mass is 16.5. The smallest absolute Gasteiger partial charge is 0.0832 e. The zero-order valence-electron chi connectivity index (χ0n) is 21.8. The number of ether oxygens (including phenoxy) is 1. The summed E-state index contributed by atoms with van der Waals surface area (Å²) in [5, 5.41) is 0. The maximum atomic E-state index is 6.20. The van der Waals surface area contributed by atoms with E-state index >= 15 is 0 Å². The molecule has 33 heavy (non-hydrogen) atoms. The molecule has 2 nitrogen and oxygen atoms in total. The van der Waals surface area contributed by atoms with Crippen molar-refractivity contribution in [3.8, 4) is 0 Å². The van der Waals surface area contributed by atoms with Gasteiger partial charge in [0.1, 0.15) is 0 Å². The van der Waals surface area contributed by atoms with Crippen LogP contribution < -0.4 is 0 Å². The van der Waals surface area contributed by atoms with Gasteiger partial charge in [0.15, 0.2) is 0 Å². The molecule has 3 rings (SSSR count). The van der Waals surface area contributed by atoms with E-state index in [-0.39, 0.29) is 6.10 Å². The van der Waals surface area contributed by atoms with E-state index in [1.807, 2.05) is 0 Å². The first kappa shape index (κ1) is 25.6. The summed E-state index contributed by atoms with van der Waals surface area (Å²) in [7, 11) is 0. The molecule has 180 valence electrons. The van der Waals surface area contributed by atoms with Crippen molar-refractivity contribution in [1.29, 1.82) is 0 Å². The molecule has 0 amide bonds. The van der Waals surface area contributed by atoms with Crippen LogP contribution in [-0.4, -0.2) is 30.7 Å². The standard InChI is InChI=1S/C31H45NO/c1-8-11-12-29-24(6)21-31(22-30(29)33-10-3)15-17-32(18-16-31)25(7)27-13-14-28(19-23(4)5)26(9-2)20-27/h8,11-14,20,23,30H,6-7,9-10,15-19,21-22H2,1-5H3/b11-8-,29-12+. The molecule has 1 aromatic carbocycles. The van der Waals surface area contributed by atoms with Crippen molar-refractivity contribution in [3.63, 3.8) is 0 Å². The Labute approximate surface area is 203 Å². The van der Waals surface area contributed by atoms with Crippen molar-refractivity contribution >= 4 is 5.70 Å². The van der Waals surface area contributed by atoms with Crippen molar-refractivity contribution in [2.24, 2.45) is 11.3 Å². The van der Waals surface area contributed by atoms with Gasteiger partial charge < -0.3 is 9.64 Å². The van der Waals surface area contributed by atoms with Crippen LogP contribution in [0.2, 0.25) is 0 Å². The van der Waals surface area contributed by atoms with Gasteiger partial charge in [-0.1, -0.05) is 64.3 Å². The quantitative estimate of drug-likeness (QED) is 0.404. The fourth-order valence-electron chi connectivity index (χ4n) is 5.72. The van der Waals surface area contributed by atoms with Crippen molar-refractivity contribution in [2.45, 2.75) is 79.2 Å². The number of piperidine rings is 1. The van der Waals surface area contributed by atoms with Crippen molar-refractivity contribution in [1.82, 2.24) is 4.90 Å². The normalized spacial score (nSPS) is 22.1. The lowest BCUT2D eigenvalue weighted by molar-refractivity contribution is 0.0124. The van der Waals surface area contributed by atoms with Gasteiger partial charge in [0.05, 0.1) is 6.10 Å². The lowest BCUT2D eigenvalue weighted by atomic mass is 9.64. The number of benzene rings is 1. The summed E-state index contributed by atoms with van der Waals surface area (Å²) in [6.07, 6.45) is 13.4. The summed E-state index contributed by atoms with van der Waals surface area (Å²) in [6, 6.07) is 7.01. The maximum absolute atomic E-state index is 6.20. The van der Waals surface area contributed by atoms with Crippen LogP contribution in [0, 0.1) is 11.3 Å². The number of nitrogens with zero attached hydrogens (tertiary/aromatic N) is 1. The van der Waals surface area contributed by atoms with Crippen molar-refractivity contribution in [2.75, 3.05) is 19.7 Å². The van der Waals surface area contributed by atoms with E-state index in [4.69, 9.17) is 4.74 Å². The van der Waals surface area contributed by atoms with Crippen LogP contribution in [-0.2, 0) is 17.6 Å². The highest BCUT2D eigenvalue weighted by Gasteiger charge is 2.42. The van der Waals surface area contributed by atoms with Crippen LogP contribution in [0.3, 0.4) is 0 Å². The molecule has 1 aliphatic heterocycles. The van der Waals surface area contributed by atoms with Gasteiger partial charge >= 0.3 is 0 Å². The van der Waals surface area contributed by atoms with E-state index in [2.05, 4.69) is 89.1 Å². The zero-order valence-corrected chi connectivity index (χ0v) is 21.8. The molecule has 0 N–H and O–H groups in total. The van der Waals surface area contributed by atoms with E-state index < -0.39 is 0 Å². The van der Waals surface area contributed by atoms with E-state index in [9.17, 15) is 0 Å². The Morgan fingerprint density at radius 2 is 1.94 bits per heavy atom. The fraction of sp³-hybridized carbons (Fsp3) is 0.548. The molecule has 1 saturated carbocycles. The van der Waals surface area contributed by atoms with Crippen LogP contribution in [0.5, 0.6) is 0 Å². The molecule has 2 aliphatic rings. The minimum absolute atomic E-state index is 0.169. The second-order valence-corrected chi connectivity index (χ2v) is 10.4. The number of hydrogen-bond acceptors (Lipinski definition) is 2. The number of rotatable bonds is 8. The molecular weight excluding hydrogens is 402 g/mol. The second kappa shape index (κ2) is 11.4. The Morgan fingerprint density at radius 3 is 2.55 bits per heavy atom. The Morgan fingerprint density at radius 1 is 1.21 bits per heavy atom. The molecular formula is C31H45NO. The summed E-state index contributed by atoms with van der Waals surface area (Å²) in [5.74, 6) is 0.682. The van der Waals surface area contributed by atoms with E-state index in [0.717, 1.165) is 45.4 Å². The molecule has 1 saturated heterocycles. The minimum atomic E-state index is 0.169. The zero-order chi connectivity index (χ0) is 24.0. The Hall–Kier alpha value is -2.06. The first-order valence-corrected chi connectivity index (χ1v) is 13.0. The third-order valence-electron chi connectivity index (χ3n) is 7.55. The van der Waals surface area contributed by atoms with Crippen LogP contribution >= 0.6 is 0 Å². The van der Waals surface area contributed by atoms with Crippen LogP contribution in [0.1, 0.15) is 77.0 Å². The number of hydrogen-bond donors (Lipinski definition) is 0. The highest BCUT2D eigenvalue weighted by molar-refractivity contribution is 5.63. The monoisotopic (exact) mass is 447 g/mol. The Bertz CT molecular complexity index is 895. The average Bonchev–Trinajstić information content (AvgIpc) is 2.79. The topological polar surface area (TPSA) is 12.5 Å². The maximum Gasteiger partial charge on any atom is 0.0832 e. The van der Waals surface area contributed by atoms with Gasteiger partial charge in [-0.25, -0.2) is 0 Å². The fourth-order valence-corrected chi connectivity index (χ4v) is 5.72. The molecule has 2 heteroatoms. The first-order valence-electron chi connectivity index (χ1n) is 13.0. The van der Waals surface area contributed by atoms with E-state index in [1.54, 1.807) is 0 Å². The number of aryl methyl sites for hydroxylation is 1.